The Hall–Kier alpha value is -0.560. The molecule has 22 heavy (non-hydrogen) atoms. The van der Waals surface area contributed by atoms with E-state index in [1.165, 1.54) is 4.90 Å². The van der Waals surface area contributed by atoms with Gasteiger partial charge in [-0.05, 0) is 38.1 Å². The topological polar surface area (TPSA) is 50.4 Å². The van der Waals surface area contributed by atoms with Crippen LogP contribution < -0.4 is 10.6 Å². The second-order valence-electron chi connectivity index (χ2n) is 6.02. The molecule has 1 saturated heterocycles. The Morgan fingerprint density at radius 1 is 1.45 bits per heavy atom. The number of benzene rings is 1. The lowest BCUT2D eigenvalue weighted by Crippen LogP contribution is -2.45. The Bertz CT molecular complexity index is 487. The van der Waals surface area contributed by atoms with Crippen LogP contribution in [0.3, 0.4) is 0 Å². The number of rotatable bonds is 6. The Morgan fingerprint density at radius 3 is 2.82 bits per heavy atom. The molecule has 1 aliphatic heterocycles. The SMILES string of the molecule is CC(C)(CNC(=O)CC1COCCN1)Sc1ccc(Br)cc1. The van der Waals surface area contributed by atoms with Gasteiger partial charge in [0.05, 0.1) is 13.2 Å². The molecule has 2 rings (SSSR count). The van der Waals surface area contributed by atoms with E-state index in [0.717, 1.165) is 17.6 Å². The minimum atomic E-state index is -0.0556. The number of ether oxygens (including phenoxy) is 1. The molecule has 0 saturated carbocycles. The highest BCUT2D eigenvalue weighted by Gasteiger charge is 2.22. The normalized spacial score (nSPS) is 19.0. The third-order valence-corrected chi connectivity index (χ3v) is 5.08. The van der Waals surface area contributed by atoms with Crippen molar-refractivity contribution < 1.29 is 9.53 Å². The van der Waals surface area contributed by atoms with Gasteiger partial charge in [0.15, 0.2) is 0 Å². The predicted octanol–water partition coefficient (Wildman–Crippen LogP) is 2.81. The molecule has 1 heterocycles. The van der Waals surface area contributed by atoms with Crippen molar-refractivity contribution in [3.05, 3.63) is 28.7 Å². The van der Waals surface area contributed by atoms with Gasteiger partial charge in [-0.1, -0.05) is 15.9 Å². The number of carbonyl (C=O) groups excluding carboxylic acids is 1. The van der Waals surface area contributed by atoms with E-state index >= 15 is 0 Å². The van der Waals surface area contributed by atoms with Crippen LogP contribution in [0.2, 0.25) is 0 Å². The molecule has 1 aliphatic rings. The van der Waals surface area contributed by atoms with E-state index < -0.39 is 0 Å². The van der Waals surface area contributed by atoms with Gasteiger partial charge in [-0.2, -0.15) is 0 Å². The number of amides is 1. The Labute approximate surface area is 144 Å². The molecule has 0 aromatic heterocycles. The zero-order chi connectivity index (χ0) is 16.0. The fraction of sp³-hybridized carbons (Fsp3) is 0.562. The van der Waals surface area contributed by atoms with Gasteiger partial charge < -0.3 is 15.4 Å². The van der Waals surface area contributed by atoms with E-state index in [4.69, 9.17) is 4.74 Å². The molecule has 1 atom stereocenters. The summed E-state index contributed by atoms with van der Waals surface area (Å²) in [5.41, 5.74) is 0. The molecule has 0 spiro atoms. The summed E-state index contributed by atoms with van der Waals surface area (Å²) in [6.45, 7) is 7.09. The van der Waals surface area contributed by atoms with Crippen molar-refractivity contribution in [2.24, 2.45) is 0 Å². The molecule has 0 aliphatic carbocycles. The fourth-order valence-corrected chi connectivity index (χ4v) is 3.53. The van der Waals surface area contributed by atoms with Crippen LogP contribution in [0.25, 0.3) is 0 Å². The van der Waals surface area contributed by atoms with Crippen molar-refractivity contribution in [1.82, 2.24) is 10.6 Å². The molecular formula is C16H23BrN2O2S. The number of hydrogen-bond donors (Lipinski definition) is 2. The molecule has 0 radical (unpaired) electrons. The van der Waals surface area contributed by atoms with E-state index in [1.54, 1.807) is 11.8 Å². The minimum Gasteiger partial charge on any atom is -0.378 e. The monoisotopic (exact) mass is 386 g/mol. The van der Waals surface area contributed by atoms with Gasteiger partial charge in [-0.3, -0.25) is 4.79 Å². The van der Waals surface area contributed by atoms with E-state index in [0.29, 0.717) is 19.6 Å². The molecule has 4 nitrogen and oxygen atoms in total. The second-order valence-corrected chi connectivity index (χ2v) is 8.72. The van der Waals surface area contributed by atoms with Crippen LogP contribution in [-0.2, 0) is 9.53 Å². The van der Waals surface area contributed by atoms with Crippen molar-refractivity contribution in [2.45, 2.75) is 36.0 Å². The standard InChI is InChI=1S/C16H23BrN2O2S/c1-16(2,22-14-5-3-12(17)4-6-14)11-19-15(20)9-13-10-21-8-7-18-13/h3-6,13,18H,7-11H2,1-2H3,(H,19,20). The van der Waals surface area contributed by atoms with Crippen molar-refractivity contribution in [3.8, 4) is 0 Å². The third kappa shape index (κ3) is 6.28. The van der Waals surface area contributed by atoms with Crippen LogP contribution in [0.15, 0.2) is 33.6 Å². The van der Waals surface area contributed by atoms with Crippen molar-refractivity contribution in [1.29, 1.82) is 0 Å². The van der Waals surface area contributed by atoms with E-state index in [-0.39, 0.29) is 16.7 Å². The Balaban J connectivity index is 1.76. The van der Waals surface area contributed by atoms with Crippen LogP contribution in [0, 0.1) is 0 Å². The number of halogens is 1. The highest BCUT2D eigenvalue weighted by molar-refractivity contribution is 9.10. The molecule has 6 heteroatoms. The number of carbonyl (C=O) groups is 1. The summed E-state index contributed by atoms with van der Waals surface area (Å²) in [4.78, 5) is 13.2. The van der Waals surface area contributed by atoms with Gasteiger partial charge in [0.25, 0.3) is 0 Å². The number of thioether (sulfide) groups is 1. The predicted molar refractivity (Wildman–Crippen MR) is 94.3 cm³/mol. The molecule has 1 aromatic carbocycles. The summed E-state index contributed by atoms with van der Waals surface area (Å²) in [6, 6.07) is 8.37. The molecule has 1 fully saturated rings. The van der Waals surface area contributed by atoms with Gasteiger partial charge in [0.1, 0.15) is 0 Å². The number of hydrogen-bond acceptors (Lipinski definition) is 4. The number of morpholine rings is 1. The van der Waals surface area contributed by atoms with Crippen LogP contribution in [-0.4, -0.2) is 43.0 Å². The highest BCUT2D eigenvalue weighted by atomic mass is 79.9. The summed E-state index contributed by atoms with van der Waals surface area (Å²) in [7, 11) is 0. The molecule has 1 aromatic rings. The molecular weight excluding hydrogens is 364 g/mol. The highest BCUT2D eigenvalue weighted by Crippen LogP contribution is 2.32. The average molecular weight is 387 g/mol. The smallest absolute Gasteiger partial charge is 0.221 e. The van der Waals surface area contributed by atoms with Gasteiger partial charge in [-0.25, -0.2) is 0 Å². The molecule has 0 bridgehead atoms. The number of nitrogens with one attached hydrogen (secondary N) is 2. The van der Waals surface area contributed by atoms with Crippen LogP contribution in [0.4, 0.5) is 0 Å². The summed E-state index contributed by atoms with van der Waals surface area (Å²) in [5.74, 6) is 0.0764. The molecule has 1 unspecified atom stereocenters. The maximum Gasteiger partial charge on any atom is 0.221 e. The van der Waals surface area contributed by atoms with E-state index in [9.17, 15) is 4.79 Å². The van der Waals surface area contributed by atoms with Crippen molar-refractivity contribution in [2.75, 3.05) is 26.3 Å². The first-order valence-electron chi connectivity index (χ1n) is 7.47. The first kappa shape index (κ1) is 17.8. The van der Waals surface area contributed by atoms with E-state index in [2.05, 4.69) is 52.5 Å². The quantitative estimate of drug-likeness (QED) is 0.738. The van der Waals surface area contributed by atoms with Gasteiger partial charge in [-0.15, -0.1) is 11.8 Å². The lowest BCUT2D eigenvalue weighted by atomic mass is 10.1. The summed E-state index contributed by atoms with van der Waals surface area (Å²) in [6.07, 6.45) is 0.471. The summed E-state index contributed by atoms with van der Waals surface area (Å²) < 4.78 is 6.39. The molecule has 1 amide bonds. The Morgan fingerprint density at radius 2 is 2.18 bits per heavy atom. The summed E-state index contributed by atoms with van der Waals surface area (Å²) in [5, 5.41) is 6.33. The Kier molecular flexibility index (Phi) is 6.74. The first-order chi connectivity index (χ1) is 10.4. The van der Waals surface area contributed by atoms with Gasteiger partial charge in [0, 0.05) is 39.7 Å². The fourth-order valence-electron chi connectivity index (χ4n) is 2.22. The van der Waals surface area contributed by atoms with Crippen molar-refractivity contribution >= 4 is 33.6 Å². The zero-order valence-electron chi connectivity index (χ0n) is 13.0. The van der Waals surface area contributed by atoms with E-state index in [1.807, 2.05) is 12.1 Å². The summed E-state index contributed by atoms with van der Waals surface area (Å²) >= 11 is 5.21. The van der Waals surface area contributed by atoms with Gasteiger partial charge in [0.2, 0.25) is 5.91 Å². The zero-order valence-corrected chi connectivity index (χ0v) is 15.4. The van der Waals surface area contributed by atoms with Crippen LogP contribution in [0.5, 0.6) is 0 Å². The van der Waals surface area contributed by atoms with Gasteiger partial charge >= 0.3 is 0 Å². The molecule has 2 N–H and O–H groups in total. The lowest BCUT2D eigenvalue weighted by molar-refractivity contribution is -0.122. The van der Waals surface area contributed by atoms with Crippen LogP contribution >= 0.6 is 27.7 Å². The maximum absolute atomic E-state index is 12.0. The second kappa shape index (κ2) is 8.34. The van der Waals surface area contributed by atoms with Crippen molar-refractivity contribution in [3.63, 3.8) is 0 Å². The molecule has 122 valence electrons. The largest absolute Gasteiger partial charge is 0.378 e. The third-order valence-electron chi connectivity index (χ3n) is 3.35. The minimum absolute atomic E-state index is 0.0556. The maximum atomic E-state index is 12.0. The first-order valence-corrected chi connectivity index (χ1v) is 9.08. The van der Waals surface area contributed by atoms with Crippen LogP contribution in [0.1, 0.15) is 20.3 Å². The lowest BCUT2D eigenvalue weighted by Gasteiger charge is -2.26. The average Bonchev–Trinajstić information content (AvgIpc) is 2.49.